The van der Waals surface area contributed by atoms with Crippen LogP contribution >= 0.6 is 11.8 Å². The van der Waals surface area contributed by atoms with Crippen molar-refractivity contribution >= 4 is 38.4 Å². The van der Waals surface area contributed by atoms with E-state index in [1.165, 1.54) is 11.8 Å². The summed E-state index contributed by atoms with van der Waals surface area (Å²) < 4.78 is 29.3. The molecule has 2 saturated heterocycles. The lowest BCUT2D eigenvalue weighted by molar-refractivity contribution is -0.131. The Morgan fingerprint density at radius 1 is 1.28 bits per heavy atom. The number of para-hydroxylation sites is 1. The van der Waals surface area contributed by atoms with Crippen LogP contribution in [0.25, 0.3) is 10.9 Å². The minimum Gasteiger partial charge on any atom is -0.379 e. The number of carbonyl (C=O) groups is 1. The molecule has 8 nitrogen and oxygen atoms in total. The Bertz CT molecular complexity index is 1070. The third kappa shape index (κ3) is 5.41. The van der Waals surface area contributed by atoms with Crippen LogP contribution in [0.4, 0.5) is 0 Å². The van der Waals surface area contributed by atoms with E-state index >= 15 is 0 Å². The molecule has 174 valence electrons. The average Bonchev–Trinajstić information content (AvgIpc) is 3.14. The standard InChI is InChI=1S/C22H30N4O4S2/c1-3-26(17-8-13-32(28,29)15-17)22(27)16(2)31-21-18-6-4-5-7-19(18)23-20(24-21)14-25-9-11-30-12-10-25/h4-7,16-17H,3,8-15H2,1-2H3/t16-,17-/m1/s1. The Labute approximate surface area is 193 Å². The van der Waals surface area contributed by atoms with E-state index < -0.39 is 9.84 Å². The van der Waals surface area contributed by atoms with Gasteiger partial charge in [0.1, 0.15) is 10.9 Å². The molecule has 2 aromatic rings. The minimum atomic E-state index is -3.05. The fourth-order valence-electron chi connectivity index (χ4n) is 4.28. The number of carbonyl (C=O) groups excluding carboxylic acids is 1. The lowest BCUT2D eigenvalue weighted by atomic mass is 10.2. The summed E-state index contributed by atoms with van der Waals surface area (Å²) in [6, 6.07) is 7.62. The zero-order valence-corrected chi connectivity index (χ0v) is 20.2. The second-order valence-corrected chi connectivity index (χ2v) is 11.9. The first-order chi connectivity index (χ1) is 15.4. The van der Waals surface area contributed by atoms with Crippen molar-refractivity contribution in [2.75, 3.05) is 44.4 Å². The molecule has 2 fully saturated rings. The topological polar surface area (TPSA) is 92.7 Å². The number of hydrogen-bond donors (Lipinski definition) is 0. The molecule has 0 saturated carbocycles. The van der Waals surface area contributed by atoms with Gasteiger partial charge in [0, 0.05) is 31.1 Å². The summed E-state index contributed by atoms with van der Waals surface area (Å²) in [4.78, 5) is 26.8. The van der Waals surface area contributed by atoms with E-state index in [2.05, 4.69) is 4.90 Å². The van der Waals surface area contributed by atoms with Crippen LogP contribution in [0.15, 0.2) is 29.3 Å². The van der Waals surface area contributed by atoms with Crippen molar-refractivity contribution in [2.45, 2.75) is 43.1 Å². The zero-order chi connectivity index (χ0) is 22.7. The highest BCUT2D eigenvalue weighted by Gasteiger charge is 2.35. The Kier molecular flexibility index (Phi) is 7.34. The van der Waals surface area contributed by atoms with Crippen LogP contribution in [0.3, 0.4) is 0 Å². The van der Waals surface area contributed by atoms with Gasteiger partial charge in [-0.15, -0.1) is 0 Å². The lowest BCUT2D eigenvalue weighted by Crippen LogP contribution is -2.44. The molecule has 0 radical (unpaired) electrons. The number of amides is 1. The number of thioether (sulfide) groups is 1. The molecule has 2 atom stereocenters. The summed E-state index contributed by atoms with van der Waals surface area (Å²) >= 11 is 1.42. The van der Waals surface area contributed by atoms with E-state index in [-0.39, 0.29) is 28.7 Å². The minimum absolute atomic E-state index is 0.0444. The second-order valence-electron chi connectivity index (χ2n) is 8.29. The van der Waals surface area contributed by atoms with Crippen molar-refractivity contribution in [1.82, 2.24) is 19.8 Å². The summed E-state index contributed by atoms with van der Waals surface area (Å²) in [6.07, 6.45) is 0.513. The Balaban J connectivity index is 1.54. The molecule has 0 spiro atoms. The fraction of sp³-hybridized carbons (Fsp3) is 0.591. The first kappa shape index (κ1) is 23.4. The van der Waals surface area contributed by atoms with Gasteiger partial charge in [-0.3, -0.25) is 9.69 Å². The average molecular weight is 479 g/mol. The van der Waals surface area contributed by atoms with Gasteiger partial charge in [0.2, 0.25) is 5.91 Å². The number of hydrogen-bond acceptors (Lipinski definition) is 8. The van der Waals surface area contributed by atoms with Gasteiger partial charge < -0.3 is 9.64 Å². The van der Waals surface area contributed by atoms with E-state index in [1.807, 2.05) is 38.1 Å². The summed E-state index contributed by atoms with van der Waals surface area (Å²) in [5, 5.41) is 1.33. The Morgan fingerprint density at radius 3 is 2.72 bits per heavy atom. The van der Waals surface area contributed by atoms with Crippen LogP contribution in [-0.4, -0.2) is 89.7 Å². The van der Waals surface area contributed by atoms with Crippen molar-refractivity contribution in [1.29, 1.82) is 0 Å². The highest BCUT2D eigenvalue weighted by molar-refractivity contribution is 8.00. The molecule has 3 heterocycles. The number of aromatic nitrogens is 2. The molecule has 0 aliphatic carbocycles. The van der Waals surface area contributed by atoms with E-state index in [9.17, 15) is 13.2 Å². The van der Waals surface area contributed by atoms with Gasteiger partial charge in [0.25, 0.3) is 0 Å². The van der Waals surface area contributed by atoms with Crippen LogP contribution in [0, 0.1) is 0 Å². The normalized spacial score (nSPS) is 22.1. The third-order valence-electron chi connectivity index (χ3n) is 5.99. The smallest absolute Gasteiger partial charge is 0.236 e. The molecule has 1 aromatic heterocycles. The highest BCUT2D eigenvalue weighted by Crippen LogP contribution is 2.31. The van der Waals surface area contributed by atoms with Gasteiger partial charge in [-0.1, -0.05) is 30.0 Å². The van der Waals surface area contributed by atoms with Crippen LogP contribution in [-0.2, 0) is 25.9 Å². The monoisotopic (exact) mass is 478 g/mol. The fourth-order valence-corrected chi connectivity index (χ4v) is 7.04. The highest BCUT2D eigenvalue weighted by atomic mass is 32.2. The number of rotatable bonds is 7. The van der Waals surface area contributed by atoms with Crippen LogP contribution in [0.2, 0.25) is 0 Å². The number of nitrogens with zero attached hydrogens (tertiary/aromatic N) is 4. The maximum Gasteiger partial charge on any atom is 0.236 e. The summed E-state index contributed by atoms with van der Waals surface area (Å²) in [7, 11) is -3.05. The predicted molar refractivity (Wildman–Crippen MR) is 125 cm³/mol. The van der Waals surface area contributed by atoms with E-state index in [0.717, 1.165) is 34.8 Å². The number of benzene rings is 1. The SMILES string of the molecule is CCN(C(=O)[C@@H](C)Sc1nc(CN2CCOCC2)nc2ccccc12)[C@@H]1CCS(=O)(=O)C1. The van der Waals surface area contributed by atoms with E-state index in [4.69, 9.17) is 14.7 Å². The molecule has 0 bridgehead atoms. The lowest BCUT2D eigenvalue weighted by Gasteiger charge is -2.29. The molecule has 4 rings (SSSR count). The molecular weight excluding hydrogens is 448 g/mol. The number of morpholine rings is 1. The molecule has 2 aliphatic rings. The maximum atomic E-state index is 13.3. The molecule has 1 aromatic carbocycles. The van der Waals surface area contributed by atoms with Crippen molar-refractivity contribution in [3.8, 4) is 0 Å². The van der Waals surface area contributed by atoms with Gasteiger partial charge in [-0.05, 0) is 26.3 Å². The van der Waals surface area contributed by atoms with Crippen molar-refractivity contribution in [3.63, 3.8) is 0 Å². The molecule has 2 aliphatic heterocycles. The Hall–Kier alpha value is -1.75. The first-order valence-electron chi connectivity index (χ1n) is 11.1. The van der Waals surface area contributed by atoms with Crippen molar-refractivity contribution in [2.24, 2.45) is 0 Å². The molecule has 0 unspecified atom stereocenters. The maximum absolute atomic E-state index is 13.3. The molecule has 1 amide bonds. The summed E-state index contributed by atoms with van der Waals surface area (Å²) in [5.41, 5.74) is 0.863. The second kappa shape index (κ2) is 10.0. The van der Waals surface area contributed by atoms with Gasteiger partial charge in [-0.2, -0.15) is 0 Å². The largest absolute Gasteiger partial charge is 0.379 e. The van der Waals surface area contributed by atoms with Gasteiger partial charge in [-0.25, -0.2) is 18.4 Å². The van der Waals surface area contributed by atoms with Crippen LogP contribution < -0.4 is 0 Å². The number of ether oxygens (including phenoxy) is 1. The zero-order valence-electron chi connectivity index (χ0n) is 18.6. The van der Waals surface area contributed by atoms with Crippen molar-refractivity contribution in [3.05, 3.63) is 30.1 Å². The quantitative estimate of drug-likeness (QED) is 0.441. The van der Waals surface area contributed by atoms with E-state index in [1.54, 1.807) is 4.90 Å². The molecule has 10 heteroatoms. The first-order valence-corrected chi connectivity index (χ1v) is 13.8. The molecule has 32 heavy (non-hydrogen) atoms. The van der Waals surface area contributed by atoms with Crippen LogP contribution in [0.5, 0.6) is 0 Å². The van der Waals surface area contributed by atoms with E-state index in [0.29, 0.717) is 32.7 Å². The predicted octanol–water partition coefficient (Wildman–Crippen LogP) is 1.98. The Morgan fingerprint density at radius 2 is 2.03 bits per heavy atom. The van der Waals surface area contributed by atoms with Gasteiger partial charge >= 0.3 is 0 Å². The van der Waals surface area contributed by atoms with Gasteiger partial charge in [0.15, 0.2) is 9.84 Å². The number of sulfone groups is 1. The summed E-state index contributed by atoms with van der Waals surface area (Å²) in [6.45, 7) is 8.04. The molecular formula is C22H30N4O4S2. The van der Waals surface area contributed by atoms with Gasteiger partial charge in [0.05, 0.1) is 42.0 Å². The third-order valence-corrected chi connectivity index (χ3v) is 8.83. The summed E-state index contributed by atoms with van der Waals surface area (Å²) in [5.74, 6) is 0.910. The molecule has 0 N–H and O–H groups in total. The number of fused-ring (bicyclic) bond motifs is 1. The van der Waals surface area contributed by atoms with Crippen LogP contribution in [0.1, 0.15) is 26.1 Å². The van der Waals surface area contributed by atoms with Crippen molar-refractivity contribution < 1.29 is 17.9 Å².